The fourth-order valence-corrected chi connectivity index (χ4v) is 2.37. The number of nitrogens with one attached hydrogen (secondary N) is 2. The van der Waals surface area contributed by atoms with Gasteiger partial charge < -0.3 is 10.5 Å². The Morgan fingerprint density at radius 1 is 1.05 bits per heavy atom. The fraction of sp³-hybridized carbons (Fsp3) is 0.923. The van der Waals surface area contributed by atoms with Crippen molar-refractivity contribution in [2.75, 3.05) is 13.1 Å². The Kier molecular flexibility index (Phi) is 9.56. The average molecular weight is 323 g/mol. The molecule has 0 atom stereocenters. The van der Waals surface area contributed by atoms with E-state index in [1.807, 2.05) is 4.72 Å². The van der Waals surface area contributed by atoms with Crippen LogP contribution in [0.3, 0.4) is 0 Å². The van der Waals surface area contributed by atoms with Crippen LogP contribution in [0.25, 0.3) is 0 Å². The highest BCUT2D eigenvalue weighted by Gasteiger charge is 2.20. The van der Waals surface area contributed by atoms with Crippen molar-refractivity contribution in [3.8, 4) is 0 Å². The molecule has 0 fully saturated rings. The summed E-state index contributed by atoms with van der Waals surface area (Å²) >= 11 is 0. The number of ether oxygens (including phenoxy) is 1. The first-order chi connectivity index (χ1) is 9.66. The van der Waals surface area contributed by atoms with E-state index in [0.29, 0.717) is 6.54 Å². The molecule has 126 valence electrons. The van der Waals surface area contributed by atoms with Gasteiger partial charge in [0.05, 0.1) is 0 Å². The lowest BCUT2D eigenvalue weighted by Gasteiger charge is -2.19. The average Bonchev–Trinajstić information content (AvgIpc) is 2.29. The Hall–Kier alpha value is -0.860. The van der Waals surface area contributed by atoms with Gasteiger partial charge in [-0.1, -0.05) is 25.7 Å². The number of nitrogens with two attached hydrogens (primary N) is 1. The number of carbonyl (C=O) groups is 1. The Morgan fingerprint density at radius 3 is 2.10 bits per heavy atom. The number of amides is 1. The van der Waals surface area contributed by atoms with Gasteiger partial charge in [0.2, 0.25) is 0 Å². The third kappa shape index (κ3) is 13.9. The number of hydrogen-bond acceptors (Lipinski definition) is 5. The minimum atomic E-state index is -3.85. The molecule has 0 aliphatic carbocycles. The van der Waals surface area contributed by atoms with Gasteiger partial charge in [0.1, 0.15) is 5.60 Å². The summed E-state index contributed by atoms with van der Waals surface area (Å²) in [7, 11) is -3.85. The molecular weight excluding hydrogens is 294 g/mol. The molecule has 0 aliphatic heterocycles. The summed E-state index contributed by atoms with van der Waals surface area (Å²) in [5.74, 6) is 0. The van der Waals surface area contributed by atoms with E-state index in [-0.39, 0.29) is 0 Å². The van der Waals surface area contributed by atoms with E-state index in [1.165, 1.54) is 0 Å². The predicted molar refractivity (Wildman–Crippen MR) is 83.0 cm³/mol. The van der Waals surface area contributed by atoms with Gasteiger partial charge in [0.15, 0.2) is 0 Å². The van der Waals surface area contributed by atoms with Crippen molar-refractivity contribution in [3.63, 3.8) is 0 Å². The molecule has 0 unspecified atom stereocenters. The van der Waals surface area contributed by atoms with Crippen LogP contribution in [0.15, 0.2) is 0 Å². The SMILES string of the molecule is CC(C)(C)OC(=O)NS(=O)(=O)NCCCCCCCCN. The maximum absolute atomic E-state index is 11.6. The van der Waals surface area contributed by atoms with Crippen LogP contribution in [0.2, 0.25) is 0 Å². The van der Waals surface area contributed by atoms with E-state index in [0.717, 1.165) is 45.1 Å². The van der Waals surface area contributed by atoms with Crippen molar-refractivity contribution >= 4 is 16.3 Å². The molecule has 0 radical (unpaired) electrons. The molecule has 0 saturated heterocycles. The van der Waals surface area contributed by atoms with Crippen LogP contribution in [0.5, 0.6) is 0 Å². The second kappa shape index (κ2) is 9.97. The molecule has 1 amide bonds. The number of hydrogen-bond donors (Lipinski definition) is 3. The topological polar surface area (TPSA) is 111 Å². The summed E-state index contributed by atoms with van der Waals surface area (Å²) in [6.07, 6.45) is 5.02. The first-order valence-corrected chi connectivity index (χ1v) is 8.85. The van der Waals surface area contributed by atoms with Crippen molar-refractivity contribution in [1.29, 1.82) is 0 Å². The van der Waals surface area contributed by atoms with Crippen LogP contribution in [0, 0.1) is 0 Å². The summed E-state index contributed by atoms with van der Waals surface area (Å²) in [4.78, 5) is 11.3. The highest BCUT2D eigenvalue weighted by Crippen LogP contribution is 2.07. The van der Waals surface area contributed by atoms with Crippen molar-refractivity contribution < 1.29 is 17.9 Å². The van der Waals surface area contributed by atoms with E-state index >= 15 is 0 Å². The highest BCUT2D eigenvalue weighted by molar-refractivity contribution is 7.88. The van der Waals surface area contributed by atoms with E-state index in [2.05, 4.69) is 4.72 Å². The molecule has 7 nitrogen and oxygen atoms in total. The van der Waals surface area contributed by atoms with Gasteiger partial charge in [-0.05, 0) is 40.2 Å². The summed E-state index contributed by atoms with van der Waals surface area (Å²) in [6, 6.07) is 0. The molecule has 0 saturated carbocycles. The summed E-state index contributed by atoms with van der Waals surface area (Å²) < 4.78 is 32.1. The van der Waals surface area contributed by atoms with Crippen molar-refractivity contribution in [1.82, 2.24) is 9.44 Å². The zero-order valence-electron chi connectivity index (χ0n) is 13.3. The monoisotopic (exact) mass is 323 g/mol. The third-order valence-corrected chi connectivity index (χ3v) is 3.56. The van der Waals surface area contributed by atoms with Crippen molar-refractivity contribution in [2.24, 2.45) is 5.73 Å². The number of rotatable bonds is 10. The summed E-state index contributed by atoms with van der Waals surface area (Å²) in [6.45, 7) is 6.01. The Morgan fingerprint density at radius 2 is 1.57 bits per heavy atom. The second-order valence-corrected chi connectivity index (χ2v) is 7.41. The summed E-state index contributed by atoms with van der Waals surface area (Å²) in [5.41, 5.74) is 4.66. The molecule has 0 aliphatic rings. The van der Waals surface area contributed by atoms with E-state index in [4.69, 9.17) is 10.5 Å². The quantitative estimate of drug-likeness (QED) is 0.529. The van der Waals surface area contributed by atoms with Crippen LogP contribution in [0.1, 0.15) is 59.3 Å². The van der Waals surface area contributed by atoms with Gasteiger partial charge in [-0.25, -0.2) is 9.52 Å². The van der Waals surface area contributed by atoms with Crippen LogP contribution in [0.4, 0.5) is 4.79 Å². The van der Waals surface area contributed by atoms with Crippen LogP contribution in [-0.4, -0.2) is 33.2 Å². The van der Waals surface area contributed by atoms with Crippen LogP contribution < -0.4 is 15.2 Å². The van der Waals surface area contributed by atoms with Gasteiger partial charge in [0.25, 0.3) is 0 Å². The molecular formula is C13H29N3O4S. The van der Waals surface area contributed by atoms with Gasteiger partial charge in [-0.3, -0.25) is 0 Å². The lowest BCUT2D eigenvalue weighted by atomic mass is 10.1. The van der Waals surface area contributed by atoms with E-state index in [9.17, 15) is 13.2 Å². The summed E-state index contributed by atoms with van der Waals surface area (Å²) in [5, 5.41) is 0. The van der Waals surface area contributed by atoms with Crippen molar-refractivity contribution in [3.05, 3.63) is 0 Å². The van der Waals surface area contributed by atoms with Gasteiger partial charge in [0, 0.05) is 6.54 Å². The van der Waals surface area contributed by atoms with E-state index < -0.39 is 21.9 Å². The largest absolute Gasteiger partial charge is 0.443 e. The minimum Gasteiger partial charge on any atom is -0.443 e. The standard InChI is InChI=1S/C13H29N3O4S/c1-13(2,3)20-12(17)16-21(18,19)15-11-9-7-5-4-6-8-10-14/h15H,4-11,14H2,1-3H3,(H,16,17). The molecule has 0 bridgehead atoms. The third-order valence-electron chi connectivity index (χ3n) is 2.54. The Balaban J connectivity index is 3.76. The Bertz CT molecular complexity index is 391. The van der Waals surface area contributed by atoms with Crippen LogP contribution >= 0.6 is 0 Å². The van der Waals surface area contributed by atoms with Gasteiger partial charge in [-0.2, -0.15) is 13.1 Å². The normalized spacial score (nSPS) is 12.2. The highest BCUT2D eigenvalue weighted by atomic mass is 32.2. The lowest BCUT2D eigenvalue weighted by Crippen LogP contribution is -2.43. The first-order valence-electron chi connectivity index (χ1n) is 7.37. The van der Waals surface area contributed by atoms with Gasteiger partial charge >= 0.3 is 16.3 Å². The Labute approximate surface area is 128 Å². The molecule has 21 heavy (non-hydrogen) atoms. The maximum atomic E-state index is 11.6. The molecule has 0 spiro atoms. The predicted octanol–water partition coefficient (Wildman–Crippen LogP) is 1.64. The van der Waals surface area contributed by atoms with E-state index in [1.54, 1.807) is 20.8 Å². The number of carbonyl (C=O) groups excluding carboxylic acids is 1. The lowest BCUT2D eigenvalue weighted by molar-refractivity contribution is 0.0569. The minimum absolute atomic E-state index is 0.301. The second-order valence-electron chi connectivity index (χ2n) is 5.91. The van der Waals surface area contributed by atoms with Crippen LogP contribution in [-0.2, 0) is 14.9 Å². The molecule has 0 aromatic rings. The number of unbranched alkanes of at least 4 members (excludes halogenated alkanes) is 5. The molecule has 0 aromatic carbocycles. The maximum Gasteiger partial charge on any atom is 0.422 e. The molecule has 0 rings (SSSR count). The smallest absolute Gasteiger partial charge is 0.422 e. The zero-order valence-corrected chi connectivity index (χ0v) is 14.1. The zero-order chi connectivity index (χ0) is 16.4. The molecule has 0 heterocycles. The van der Waals surface area contributed by atoms with Gasteiger partial charge in [-0.15, -0.1) is 0 Å². The molecule has 8 heteroatoms. The first kappa shape index (κ1) is 20.1. The fourth-order valence-electron chi connectivity index (χ4n) is 1.63. The van der Waals surface area contributed by atoms with Crippen molar-refractivity contribution in [2.45, 2.75) is 64.9 Å². The molecule has 4 N–H and O–H groups in total. The molecule has 0 aromatic heterocycles.